The third kappa shape index (κ3) is 5.68. The number of aromatic nitrogens is 2. The minimum Gasteiger partial charge on any atom is -0.255 e. The molecule has 3 nitrogen and oxygen atoms in total. The summed E-state index contributed by atoms with van der Waals surface area (Å²) in [6.07, 6.45) is -5.27. The van der Waals surface area contributed by atoms with Gasteiger partial charge in [-0.2, -0.15) is 18.4 Å². The number of hydrogen-bond donors (Lipinski definition) is 0. The Morgan fingerprint density at radius 1 is 0.560 bits per heavy atom. The van der Waals surface area contributed by atoms with Crippen molar-refractivity contribution in [3.05, 3.63) is 189 Å². The lowest BCUT2D eigenvalue weighted by Gasteiger charge is -2.37. The van der Waals surface area contributed by atoms with Gasteiger partial charge in [-0.25, -0.2) is 17.6 Å². The molecule has 6 aromatic rings. The average Bonchev–Trinajstić information content (AvgIpc) is 3.10. The van der Waals surface area contributed by atoms with Crippen molar-refractivity contribution in [1.82, 2.24) is 9.97 Å². The number of nitrogens with zero attached hydrogens (tertiary/aromatic N) is 3. The fraction of sp³-hybridized carbons (Fsp3) is 0.125. The van der Waals surface area contributed by atoms with E-state index < -0.39 is 57.0 Å². The van der Waals surface area contributed by atoms with Crippen LogP contribution in [0.1, 0.15) is 58.7 Å². The summed E-state index contributed by atoms with van der Waals surface area (Å²) in [4.78, 5) is 9.57. The van der Waals surface area contributed by atoms with E-state index in [1.165, 1.54) is 18.2 Å². The molecule has 2 heterocycles. The summed E-state index contributed by atoms with van der Waals surface area (Å²) >= 11 is 0. The summed E-state index contributed by atoms with van der Waals surface area (Å²) in [6, 6.07) is 32.7. The molecule has 0 unspecified atom stereocenters. The Kier molecular flexibility index (Phi) is 8.78. The van der Waals surface area contributed by atoms with Gasteiger partial charge in [-0.15, -0.1) is 0 Å². The average molecular weight is 682 g/mol. The van der Waals surface area contributed by atoms with Crippen molar-refractivity contribution >= 4 is 0 Å². The van der Waals surface area contributed by atoms with Crippen LogP contribution in [-0.4, -0.2) is 9.97 Å². The van der Waals surface area contributed by atoms with Gasteiger partial charge in [0.1, 0.15) is 40.5 Å². The monoisotopic (exact) mass is 681 g/mol. The third-order valence-electron chi connectivity index (χ3n) is 8.83. The van der Waals surface area contributed by atoms with Gasteiger partial charge in [0.15, 0.2) is 0 Å². The third-order valence-corrected chi connectivity index (χ3v) is 8.83. The highest BCUT2D eigenvalue weighted by atomic mass is 19.4. The van der Waals surface area contributed by atoms with Crippen LogP contribution in [0.5, 0.6) is 0 Å². The SMILES string of the molecule is CC(C)(c1cccc(-c2ccc(F)c(C(F)(F)F)c2F)n1)c1cccc(C(c2ccccc2)(c2ccccc2)c2ccc(F)c(C#N)c2F)n1. The highest BCUT2D eigenvalue weighted by Gasteiger charge is 2.44. The molecule has 0 saturated carbocycles. The molecule has 2 aromatic heterocycles. The van der Waals surface area contributed by atoms with Crippen molar-refractivity contribution in [2.24, 2.45) is 0 Å². The van der Waals surface area contributed by atoms with Gasteiger partial charge in [0, 0.05) is 16.5 Å². The predicted octanol–water partition coefficient (Wildman–Crippen LogP) is 10.3. The highest BCUT2D eigenvalue weighted by Crippen LogP contribution is 2.47. The van der Waals surface area contributed by atoms with Crippen molar-refractivity contribution in [3.8, 4) is 17.3 Å². The van der Waals surface area contributed by atoms with Crippen molar-refractivity contribution in [2.75, 3.05) is 0 Å². The Labute approximate surface area is 283 Å². The smallest absolute Gasteiger partial charge is 0.255 e. The van der Waals surface area contributed by atoms with Crippen LogP contribution in [0.25, 0.3) is 11.3 Å². The second-order valence-electron chi connectivity index (χ2n) is 12.1. The molecule has 0 aliphatic carbocycles. The molecule has 0 N–H and O–H groups in total. The summed E-state index contributed by atoms with van der Waals surface area (Å²) in [6.45, 7) is 3.51. The molecule has 0 fully saturated rings. The van der Waals surface area contributed by atoms with E-state index in [4.69, 9.17) is 4.98 Å². The number of benzene rings is 4. The van der Waals surface area contributed by atoms with Gasteiger partial charge < -0.3 is 0 Å². The van der Waals surface area contributed by atoms with Crippen LogP contribution in [0.15, 0.2) is 121 Å². The van der Waals surface area contributed by atoms with Gasteiger partial charge in [-0.05, 0) is 67.4 Å². The molecule has 0 amide bonds. The molecule has 0 radical (unpaired) electrons. The number of alkyl halides is 3. The van der Waals surface area contributed by atoms with E-state index in [1.54, 1.807) is 105 Å². The topological polar surface area (TPSA) is 49.6 Å². The fourth-order valence-corrected chi connectivity index (χ4v) is 6.30. The van der Waals surface area contributed by atoms with Crippen LogP contribution in [0.4, 0.5) is 30.7 Å². The summed E-state index contributed by atoms with van der Waals surface area (Å²) in [5.41, 5.74) is -3.96. The highest BCUT2D eigenvalue weighted by molar-refractivity contribution is 5.63. The number of nitriles is 1. The van der Waals surface area contributed by atoms with Gasteiger partial charge >= 0.3 is 6.18 Å². The Morgan fingerprint density at radius 2 is 1.10 bits per heavy atom. The van der Waals surface area contributed by atoms with Crippen molar-refractivity contribution in [2.45, 2.75) is 30.9 Å². The van der Waals surface area contributed by atoms with E-state index in [0.717, 1.165) is 12.1 Å². The van der Waals surface area contributed by atoms with Crippen LogP contribution in [-0.2, 0) is 17.0 Å². The van der Waals surface area contributed by atoms with Crippen LogP contribution >= 0.6 is 0 Å². The van der Waals surface area contributed by atoms with Crippen molar-refractivity contribution in [1.29, 1.82) is 5.26 Å². The quantitative estimate of drug-likeness (QED) is 0.125. The molecular weight excluding hydrogens is 655 g/mol. The zero-order chi connectivity index (χ0) is 35.8. The maximum atomic E-state index is 16.4. The molecule has 0 aliphatic heterocycles. The first-order chi connectivity index (χ1) is 23.8. The lowest BCUT2D eigenvalue weighted by Crippen LogP contribution is -2.35. The van der Waals surface area contributed by atoms with Crippen LogP contribution in [0, 0.1) is 34.6 Å². The molecule has 250 valence electrons. The molecule has 6 rings (SSSR count). The van der Waals surface area contributed by atoms with E-state index in [1.807, 2.05) is 0 Å². The molecule has 50 heavy (non-hydrogen) atoms. The largest absolute Gasteiger partial charge is 0.422 e. The van der Waals surface area contributed by atoms with Gasteiger partial charge in [0.2, 0.25) is 0 Å². The zero-order valence-electron chi connectivity index (χ0n) is 26.5. The standard InChI is InChI=1S/C40H26F7N3/c1-38(2,32-16-9-15-31(49-32)26-19-21-30(42)35(37(26)44)40(45,46)47)33-17-10-18-34(50-33)39(24-11-5-3-6-12-24,25-13-7-4-8-14-25)28-20-22-29(41)27(23-48)36(28)43/h3-22H,1-2H3. The van der Waals surface area contributed by atoms with E-state index in [-0.39, 0.29) is 11.3 Å². The maximum Gasteiger partial charge on any atom is 0.422 e. The molecular formula is C40H26F7N3. The van der Waals surface area contributed by atoms with Gasteiger partial charge in [0.05, 0.1) is 28.2 Å². The Balaban J connectivity index is 1.58. The Hall–Kier alpha value is -5.82. The Bertz CT molecular complexity index is 2200. The lowest BCUT2D eigenvalue weighted by molar-refractivity contribution is -0.142. The summed E-state index contributed by atoms with van der Waals surface area (Å²) < 4.78 is 101. The molecule has 0 spiro atoms. The van der Waals surface area contributed by atoms with Gasteiger partial charge in [-0.1, -0.05) is 78.9 Å². The van der Waals surface area contributed by atoms with E-state index in [0.29, 0.717) is 34.3 Å². The number of hydrogen-bond acceptors (Lipinski definition) is 3. The minimum atomic E-state index is -5.27. The van der Waals surface area contributed by atoms with Crippen LogP contribution in [0.2, 0.25) is 0 Å². The van der Waals surface area contributed by atoms with Gasteiger partial charge in [0.25, 0.3) is 0 Å². The van der Waals surface area contributed by atoms with Crippen molar-refractivity contribution in [3.63, 3.8) is 0 Å². The van der Waals surface area contributed by atoms with E-state index >= 15 is 8.78 Å². The minimum absolute atomic E-state index is 0.0253. The summed E-state index contributed by atoms with van der Waals surface area (Å²) in [5, 5.41) is 9.72. The molecule has 0 bridgehead atoms. The predicted molar refractivity (Wildman–Crippen MR) is 174 cm³/mol. The molecule has 0 aliphatic rings. The van der Waals surface area contributed by atoms with E-state index in [9.17, 15) is 27.2 Å². The molecule has 4 aromatic carbocycles. The maximum absolute atomic E-state index is 16.4. The molecule has 0 atom stereocenters. The second-order valence-corrected chi connectivity index (χ2v) is 12.1. The first-order valence-corrected chi connectivity index (χ1v) is 15.3. The second kappa shape index (κ2) is 12.9. The summed E-state index contributed by atoms with van der Waals surface area (Å²) in [5.74, 6) is -5.59. The fourth-order valence-electron chi connectivity index (χ4n) is 6.30. The number of rotatable bonds is 7. The molecule has 10 heteroatoms. The molecule has 0 saturated heterocycles. The van der Waals surface area contributed by atoms with Crippen LogP contribution < -0.4 is 0 Å². The van der Waals surface area contributed by atoms with Crippen molar-refractivity contribution < 1.29 is 30.7 Å². The van der Waals surface area contributed by atoms with Crippen LogP contribution in [0.3, 0.4) is 0 Å². The Morgan fingerprint density at radius 3 is 1.68 bits per heavy atom. The first-order valence-electron chi connectivity index (χ1n) is 15.3. The lowest BCUT2D eigenvalue weighted by atomic mass is 9.66. The number of pyridine rings is 2. The zero-order valence-corrected chi connectivity index (χ0v) is 26.5. The normalized spacial score (nSPS) is 12.1. The van der Waals surface area contributed by atoms with E-state index in [2.05, 4.69) is 4.98 Å². The number of halogens is 7. The first kappa shape index (κ1) is 34.1. The summed E-state index contributed by atoms with van der Waals surface area (Å²) in [7, 11) is 0. The van der Waals surface area contributed by atoms with Gasteiger partial charge in [-0.3, -0.25) is 9.97 Å².